The highest BCUT2D eigenvalue weighted by Gasteiger charge is 2.31. The predicted octanol–water partition coefficient (Wildman–Crippen LogP) is 1.31. The summed E-state index contributed by atoms with van der Waals surface area (Å²) in [7, 11) is 1.56. The Hall–Kier alpha value is -2.56. The molecule has 7 heteroatoms. The molecule has 2 rings (SSSR count). The van der Waals surface area contributed by atoms with Gasteiger partial charge in [0.05, 0.1) is 13.2 Å². The van der Waals surface area contributed by atoms with E-state index in [4.69, 9.17) is 4.42 Å². The summed E-state index contributed by atoms with van der Waals surface area (Å²) in [5.41, 5.74) is -0.463. The summed E-state index contributed by atoms with van der Waals surface area (Å²) in [6, 6.07) is 5.62. The fourth-order valence-corrected chi connectivity index (χ4v) is 2.53. The van der Waals surface area contributed by atoms with E-state index in [1.54, 1.807) is 50.0 Å². The number of nitrogens with zero attached hydrogens (tertiary/aromatic N) is 3. The molecule has 128 valence electrons. The Balaban J connectivity index is 2.38. The van der Waals surface area contributed by atoms with Crippen LogP contribution in [0.5, 0.6) is 0 Å². The van der Waals surface area contributed by atoms with Gasteiger partial charge in [0.25, 0.3) is 5.91 Å². The standard InChI is InChI=1S/C17H21N3O4/c1-12-14(15(23)19(3)9-17(2,10-21)11-22)13(8-18)16(24-12)20-6-4-5-7-20/h4-7,21-22H,9-11H2,1-3H3. The fourth-order valence-electron chi connectivity index (χ4n) is 2.53. The van der Waals surface area contributed by atoms with Gasteiger partial charge in [0, 0.05) is 31.4 Å². The van der Waals surface area contributed by atoms with E-state index in [9.17, 15) is 20.3 Å². The van der Waals surface area contributed by atoms with Gasteiger partial charge in [-0.1, -0.05) is 6.92 Å². The Morgan fingerprint density at radius 1 is 1.38 bits per heavy atom. The van der Waals surface area contributed by atoms with Crippen LogP contribution in [0.15, 0.2) is 28.9 Å². The number of aliphatic hydroxyl groups excluding tert-OH is 2. The molecule has 24 heavy (non-hydrogen) atoms. The molecule has 0 spiro atoms. The zero-order valence-corrected chi connectivity index (χ0v) is 14.0. The molecule has 0 aromatic carbocycles. The number of hydrogen-bond acceptors (Lipinski definition) is 5. The number of aromatic nitrogens is 1. The van der Waals surface area contributed by atoms with Crippen molar-refractivity contribution in [2.45, 2.75) is 13.8 Å². The van der Waals surface area contributed by atoms with Crippen molar-refractivity contribution < 1.29 is 19.4 Å². The quantitative estimate of drug-likeness (QED) is 0.831. The number of carbonyl (C=O) groups is 1. The Morgan fingerprint density at radius 2 is 1.96 bits per heavy atom. The number of carbonyl (C=O) groups excluding carboxylic acids is 1. The van der Waals surface area contributed by atoms with Gasteiger partial charge in [-0.2, -0.15) is 5.26 Å². The van der Waals surface area contributed by atoms with E-state index >= 15 is 0 Å². The maximum atomic E-state index is 12.8. The number of nitriles is 1. The second-order valence-corrected chi connectivity index (χ2v) is 6.20. The van der Waals surface area contributed by atoms with E-state index in [-0.39, 0.29) is 36.8 Å². The molecule has 0 radical (unpaired) electrons. The molecular formula is C17H21N3O4. The molecule has 0 aliphatic rings. The summed E-state index contributed by atoms with van der Waals surface area (Å²) in [6.45, 7) is 2.94. The number of hydrogen-bond donors (Lipinski definition) is 2. The molecule has 2 heterocycles. The summed E-state index contributed by atoms with van der Waals surface area (Å²) < 4.78 is 7.26. The van der Waals surface area contributed by atoms with Crippen LogP contribution in [0.2, 0.25) is 0 Å². The van der Waals surface area contributed by atoms with Gasteiger partial charge >= 0.3 is 0 Å². The van der Waals surface area contributed by atoms with Crippen molar-refractivity contribution in [3.63, 3.8) is 0 Å². The minimum atomic E-state index is -0.821. The minimum Gasteiger partial charge on any atom is -0.443 e. The maximum absolute atomic E-state index is 12.8. The molecule has 2 aromatic heterocycles. The van der Waals surface area contributed by atoms with E-state index in [2.05, 4.69) is 0 Å². The third-order valence-corrected chi connectivity index (χ3v) is 3.96. The van der Waals surface area contributed by atoms with Crippen molar-refractivity contribution >= 4 is 5.91 Å². The molecule has 0 saturated heterocycles. The molecule has 0 saturated carbocycles. The van der Waals surface area contributed by atoms with Crippen LogP contribution in [-0.2, 0) is 0 Å². The van der Waals surface area contributed by atoms with Crippen molar-refractivity contribution in [2.75, 3.05) is 26.8 Å². The zero-order chi connectivity index (χ0) is 17.9. The predicted molar refractivity (Wildman–Crippen MR) is 86.7 cm³/mol. The van der Waals surface area contributed by atoms with Gasteiger partial charge in [0.2, 0.25) is 5.88 Å². The lowest BCUT2D eigenvalue weighted by atomic mass is 9.92. The van der Waals surface area contributed by atoms with Crippen LogP contribution in [-0.4, -0.2) is 52.4 Å². The average molecular weight is 331 g/mol. The highest BCUT2D eigenvalue weighted by Crippen LogP contribution is 2.27. The van der Waals surface area contributed by atoms with Crippen molar-refractivity contribution in [1.29, 1.82) is 5.26 Å². The highest BCUT2D eigenvalue weighted by atomic mass is 16.4. The van der Waals surface area contributed by atoms with Crippen molar-refractivity contribution in [2.24, 2.45) is 5.41 Å². The number of furan rings is 1. The second-order valence-electron chi connectivity index (χ2n) is 6.20. The summed E-state index contributed by atoms with van der Waals surface area (Å²) in [5.74, 6) is 0.255. The molecule has 0 bridgehead atoms. The number of aliphatic hydroxyl groups is 2. The van der Waals surface area contributed by atoms with Gasteiger partial charge in [0.15, 0.2) is 0 Å². The first-order chi connectivity index (χ1) is 11.4. The van der Waals surface area contributed by atoms with E-state index < -0.39 is 5.41 Å². The van der Waals surface area contributed by atoms with Crippen molar-refractivity contribution in [3.05, 3.63) is 41.4 Å². The van der Waals surface area contributed by atoms with E-state index in [1.807, 2.05) is 6.07 Å². The smallest absolute Gasteiger partial charge is 0.258 e. The van der Waals surface area contributed by atoms with E-state index in [0.29, 0.717) is 11.6 Å². The monoisotopic (exact) mass is 331 g/mol. The van der Waals surface area contributed by atoms with Crippen LogP contribution in [0.1, 0.15) is 28.6 Å². The lowest BCUT2D eigenvalue weighted by Gasteiger charge is -2.30. The van der Waals surface area contributed by atoms with E-state index in [1.165, 1.54) is 4.90 Å². The topological polar surface area (TPSA) is 103 Å². The molecule has 2 aromatic rings. The lowest BCUT2D eigenvalue weighted by molar-refractivity contribution is 0.0365. The molecule has 2 N–H and O–H groups in total. The molecule has 1 amide bonds. The average Bonchev–Trinajstić information content (AvgIpc) is 3.20. The Kier molecular flexibility index (Phi) is 5.12. The molecule has 0 unspecified atom stereocenters. The van der Waals surface area contributed by atoms with Crippen LogP contribution in [0.3, 0.4) is 0 Å². The summed E-state index contributed by atoms with van der Waals surface area (Å²) in [6.07, 6.45) is 3.46. The van der Waals surface area contributed by atoms with Crippen molar-refractivity contribution in [1.82, 2.24) is 9.47 Å². The third kappa shape index (κ3) is 3.20. The first-order valence-electron chi connectivity index (χ1n) is 7.51. The number of amides is 1. The van der Waals surface area contributed by atoms with Crippen LogP contribution in [0.25, 0.3) is 5.88 Å². The molecule has 0 aliphatic carbocycles. The SMILES string of the molecule is Cc1oc(-n2cccc2)c(C#N)c1C(=O)N(C)CC(C)(CO)CO. The maximum Gasteiger partial charge on any atom is 0.258 e. The zero-order valence-electron chi connectivity index (χ0n) is 14.0. The first-order valence-corrected chi connectivity index (χ1v) is 7.51. The van der Waals surface area contributed by atoms with Crippen LogP contribution >= 0.6 is 0 Å². The van der Waals surface area contributed by atoms with Gasteiger partial charge in [-0.05, 0) is 19.1 Å². The van der Waals surface area contributed by atoms with Gasteiger partial charge in [-0.15, -0.1) is 0 Å². The van der Waals surface area contributed by atoms with Crippen LogP contribution < -0.4 is 0 Å². The highest BCUT2D eigenvalue weighted by molar-refractivity contribution is 5.98. The normalized spacial score (nSPS) is 11.3. The molecule has 0 atom stereocenters. The molecule has 0 aliphatic heterocycles. The minimum absolute atomic E-state index is 0.146. The second kappa shape index (κ2) is 6.91. The summed E-state index contributed by atoms with van der Waals surface area (Å²) in [4.78, 5) is 14.2. The Bertz CT molecular complexity index is 752. The van der Waals surface area contributed by atoms with Crippen molar-refractivity contribution in [3.8, 4) is 12.0 Å². The molecular weight excluding hydrogens is 310 g/mol. The number of rotatable bonds is 6. The largest absolute Gasteiger partial charge is 0.443 e. The first kappa shape index (κ1) is 17.8. The number of aryl methyl sites for hydroxylation is 1. The Labute approximate surface area is 140 Å². The fraction of sp³-hybridized carbons (Fsp3) is 0.412. The van der Waals surface area contributed by atoms with Gasteiger partial charge in [-0.25, -0.2) is 0 Å². The van der Waals surface area contributed by atoms with Crippen LogP contribution in [0.4, 0.5) is 0 Å². The van der Waals surface area contributed by atoms with Gasteiger partial charge in [-0.3, -0.25) is 9.36 Å². The third-order valence-electron chi connectivity index (χ3n) is 3.96. The van der Waals surface area contributed by atoms with Gasteiger partial charge < -0.3 is 19.5 Å². The van der Waals surface area contributed by atoms with Gasteiger partial charge in [0.1, 0.15) is 23.0 Å². The molecule has 7 nitrogen and oxygen atoms in total. The lowest BCUT2D eigenvalue weighted by Crippen LogP contribution is -2.41. The Morgan fingerprint density at radius 3 is 2.46 bits per heavy atom. The molecule has 0 fully saturated rings. The van der Waals surface area contributed by atoms with E-state index in [0.717, 1.165) is 0 Å². The summed E-state index contributed by atoms with van der Waals surface area (Å²) in [5, 5.41) is 28.3. The summed E-state index contributed by atoms with van der Waals surface area (Å²) >= 11 is 0. The van der Waals surface area contributed by atoms with Crippen LogP contribution in [0, 0.1) is 23.7 Å².